The van der Waals surface area contributed by atoms with Crippen molar-refractivity contribution >= 4 is 33.2 Å². The lowest BCUT2D eigenvalue weighted by molar-refractivity contribution is -0.384. The van der Waals surface area contributed by atoms with Gasteiger partial charge in [0.15, 0.2) is 0 Å². The molecule has 2 heterocycles. The van der Waals surface area contributed by atoms with E-state index in [2.05, 4.69) is 4.98 Å². The van der Waals surface area contributed by atoms with Gasteiger partial charge < -0.3 is 4.74 Å². The maximum absolute atomic E-state index is 13.2. The molecule has 0 N–H and O–H groups in total. The van der Waals surface area contributed by atoms with Crippen molar-refractivity contribution < 1.29 is 14.5 Å². The van der Waals surface area contributed by atoms with Gasteiger partial charge in [-0.15, -0.1) is 11.3 Å². The fourth-order valence-electron chi connectivity index (χ4n) is 3.78. The Balaban J connectivity index is 1.69. The van der Waals surface area contributed by atoms with E-state index in [4.69, 9.17) is 4.74 Å². The van der Waals surface area contributed by atoms with Crippen molar-refractivity contribution in [2.24, 2.45) is 0 Å². The van der Waals surface area contributed by atoms with Crippen molar-refractivity contribution in [3.8, 4) is 11.1 Å². The van der Waals surface area contributed by atoms with Crippen LogP contribution < -0.4 is 5.56 Å². The molecule has 156 valence electrons. The number of hydrogen-bond donors (Lipinski definition) is 0. The zero-order valence-electron chi connectivity index (χ0n) is 16.4. The molecule has 0 amide bonds. The minimum atomic E-state index is -0.811. The highest BCUT2D eigenvalue weighted by Gasteiger charge is 2.25. The first-order valence-electron chi connectivity index (χ1n) is 9.89. The average molecular weight is 427 g/mol. The molecule has 9 heteroatoms. The van der Waals surface area contributed by atoms with Gasteiger partial charge in [-0.25, -0.2) is 9.78 Å². The van der Waals surface area contributed by atoms with Crippen LogP contribution in [0.25, 0.3) is 21.3 Å². The number of non-ortho nitro benzene ring substituents is 1. The molecule has 30 heavy (non-hydrogen) atoms. The van der Waals surface area contributed by atoms with E-state index in [1.807, 2.05) is 0 Å². The number of ether oxygens (including phenoxy) is 1. The number of hydrogen-bond acceptors (Lipinski definition) is 7. The Bertz CT molecular complexity index is 1160. The zero-order valence-corrected chi connectivity index (χ0v) is 17.3. The van der Waals surface area contributed by atoms with Gasteiger partial charge in [0.2, 0.25) is 0 Å². The van der Waals surface area contributed by atoms with Gasteiger partial charge in [-0.1, -0.05) is 18.6 Å². The fourth-order valence-corrected chi connectivity index (χ4v) is 4.69. The lowest BCUT2D eigenvalue weighted by atomic mass is 9.98. The van der Waals surface area contributed by atoms with Gasteiger partial charge in [-0.3, -0.25) is 19.5 Å². The predicted molar refractivity (Wildman–Crippen MR) is 114 cm³/mol. The van der Waals surface area contributed by atoms with Gasteiger partial charge in [0.1, 0.15) is 17.0 Å². The Morgan fingerprint density at radius 1 is 1.33 bits per heavy atom. The number of aromatic nitrogens is 2. The summed E-state index contributed by atoms with van der Waals surface area (Å²) < 4.78 is 6.89. The number of nitro groups is 1. The molecule has 0 bridgehead atoms. The summed E-state index contributed by atoms with van der Waals surface area (Å²) in [6.07, 6.45) is 6.22. The van der Waals surface area contributed by atoms with E-state index in [1.165, 1.54) is 34.4 Å². The van der Waals surface area contributed by atoms with Crippen LogP contribution in [0.2, 0.25) is 0 Å². The molecule has 1 atom stereocenters. The van der Waals surface area contributed by atoms with Gasteiger partial charge >= 0.3 is 5.97 Å². The highest BCUT2D eigenvalue weighted by Crippen LogP contribution is 2.32. The van der Waals surface area contributed by atoms with Crippen LogP contribution in [-0.2, 0) is 9.53 Å². The van der Waals surface area contributed by atoms with Crippen LogP contribution in [0.4, 0.5) is 5.69 Å². The molecule has 1 saturated carbocycles. The molecule has 0 spiro atoms. The second kappa shape index (κ2) is 8.35. The third-order valence-electron chi connectivity index (χ3n) is 5.48. The second-order valence-corrected chi connectivity index (χ2v) is 8.32. The molecule has 0 aliphatic heterocycles. The van der Waals surface area contributed by atoms with E-state index in [0.29, 0.717) is 21.3 Å². The number of carbonyl (C=O) groups is 1. The Labute approximate surface area is 176 Å². The molecule has 1 aliphatic carbocycles. The summed E-state index contributed by atoms with van der Waals surface area (Å²) in [7, 11) is 0. The quantitative estimate of drug-likeness (QED) is 0.338. The predicted octanol–water partition coefficient (Wildman–Crippen LogP) is 4.47. The molecular weight excluding hydrogens is 406 g/mol. The van der Waals surface area contributed by atoms with E-state index in [-0.39, 0.29) is 17.4 Å². The van der Waals surface area contributed by atoms with Crippen molar-refractivity contribution in [3.63, 3.8) is 0 Å². The standard InChI is InChI=1S/C21H21N3O5S/c1-13(21(26)29-16-8-3-2-4-9-16)23-12-22-19-18(20(23)25)17(11-30-19)14-6-5-7-15(10-14)24(27)28/h5-7,10-13,16H,2-4,8-9H2,1H3/t13-/m1/s1. The molecule has 2 aromatic heterocycles. The van der Waals surface area contributed by atoms with Gasteiger partial charge in [-0.05, 0) is 38.2 Å². The number of carbonyl (C=O) groups excluding carboxylic acids is 1. The van der Waals surface area contributed by atoms with E-state index in [1.54, 1.807) is 24.4 Å². The van der Waals surface area contributed by atoms with E-state index >= 15 is 0 Å². The number of nitrogens with zero attached hydrogens (tertiary/aromatic N) is 3. The molecule has 0 saturated heterocycles. The summed E-state index contributed by atoms with van der Waals surface area (Å²) in [4.78, 5) is 41.4. The minimum absolute atomic E-state index is 0.0551. The highest BCUT2D eigenvalue weighted by atomic mass is 32.1. The number of benzene rings is 1. The van der Waals surface area contributed by atoms with Crippen LogP contribution in [-0.4, -0.2) is 26.5 Å². The van der Waals surface area contributed by atoms with E-state index in [9.17, 15) is 19.7 Å². The molecule has 1 aliphatic rings. The van der Waals surface area contributed by atoms with Gasteiger partial charge in [-0.2, -0.15) is 0 Å². The van der Waals surface area contributed by atoms with Crippen LogP contribution in [0.15, 0.2) is 40.8 Å². The highest BCUT2D eigenvalue weighted by molar-refractivity contribution is 7.17. The van der Waals surface area contributed by atoms with E-state index < -0.39 is 16.9 Å². The SMILES string of the molecule is C[C@H](C(=O)OC1CCCCC1)n1cnc2scc(-c3cccc([N+](=O)[O-])c3)c2c1=O. The van der Waals surface area contributed by atoms with Crippen molar-refractivity contribution in [2.45, 2.75) is 51.2 Å². The number of fused-ring (bicyclic) bond motifs is 1. The van der Waals surface area contributed by atoms with Crippen LogP contribution >= 0.6 is 11.3 Å². The van der Waals surface area contributed by atoms with Gasteiger partial charge in [0.25, 0.3) is 11.2 Å². The van der Waals surface area contributed by atoms with Gasteiger partial charge in [0.05, 0.1) is 16.6 Å². The number of rotatable bonds is 5. The molecule has 3 aromatic rings. The maximum Gasteiger partial charge on any atom is 0.329 e. The summed E-state index contributed by atoms with van der Waals surface area (Å²) in [5.41, 5.74) is 0.708. The molecule has 1 aromatic carbocycles. The number of esters is 1. The van der Waals surface area contributed by atoms with Crippen molar-refractivity contribution in [1.82, 2.24) is 9.55 Å². The Hall–Kier alpha value is -3.07. The smallest absolute Gasteiger partial charge is 0.329 e. The second-order valence-electron chi connectivity index (χ2n) is 7.47. The Morgan fingerprint density at radius 2 is 2.10 bits per heavy atom. The first kappa shape index (κ1) is 20.2. The molecule has 0 unspecified atom stereocenters. The summed E-state index contributed by atoms with van der Waals surface area (Å²) in [6, 6.07) is 5.31. The van der Waals surface area contributed by atoms with Crippen LogP contribution in [0, 0.1) is 10.1 Å². The van der Waals surface area contributed by atoms with E-state index in [0.717, 1.165) is 32.1 Å². The van der Waals surface area contributed by atoms with Crippen LogP contribution in [0.3, 0.4) is 0 Å². The first-order chi connectivity index (χ1) is 14.5. The summed E-state index contributed by atoms with van der Waals surface area (Å²) in [5, 5.41) is 13.2. The third kappa shape index (κ3) is 3.85. The van der Waals surface area contributed by atoms with Gasteiger partial charge in [0, 0.05) is 23.1 Å². The lowest BCUT2D eigenvalue weighted by Crippen LogP contribution is -2.32. The Morgan fingerprint density at radius 3 is 2.83 bits per heavy atom. The zero-order chi connectivity index (χ0) is 21.3. The molecule has 1 fully saturated rings. The topological polar surface area (TPSA) is 104 Å². The van der Waals surface area contributed by atoms with Crippen molar-refractivity contribution in [2.75, 3.05) is 0 Å². The summed E-state index contributed by atoms with van der Waals surface area (Å²) in [5.74, 6) is -0.447. The number of nitro benzene ring substituents is 1. The first-order valence-corrected chi connectivity index (χ1v) is 10.8. The fraction of sp³-hybridized carbons (Fsp3) is 0.381. The molecule has 4 rings (SSSR count). The largest absolute Gasteiger partial charge is 0.461 e. The average Bonchev–Trinajstić information content (AvgIpc) is 3.19. The monoisotopic (exact) mass is 427 g/mol. The third-order valence-corrected chi connectivity index (χ3v) is 6.37. The molecular formula is C21H21N3O5S. The molecule has 0 radical (unpaired) electrons. The maximum atomic E-state index is 13.2. The minimum Gasteiger partial charge on any atom is -0.461 e. The summed E-state index contributed by atoms with van der Waals surface area (Å²) in [6.45, 7) is 1.62. The Kier molecular flexibility index (Phi) is 5.63. The molecule has 8 nitrogen and oxygen atoms in total. The van der Waals surface area contributed by atoms with Crippen molar-refractivity contribution in [3.05, 3.63) is 56.4 Å². The van der Waals surface area contributed by atoms with Crippen LogP contribution in [0.1, 0.15) is 45.1 Å². The normalized spacial score (nSPS) is 15.8. The number of thiophene rings is 1. The lowest BCUT2D eigenvalue weighted by Gasteiger charge is -2.24. The van der Waals surface area contributed by atoms with Crippen LogP contribution in [0.5, 0.6) is 0 Å². The summed E-state index contributed by atoms with van der Waals surface area (Å²) >= 11 is 1.28. The van der Waals surface area contributed by atoms with Crippen molar-refractivity contribution in [1.29, 1.82) is 0 Å².